The number of benzene rings is 2. The number of hydrogen-bond acceptors (Lipinski definition) is 7. The molecule has 3 heterocycles. The van der Waals surface area contributed by atoms with Crippen LogP contribution >= 0.6 is 11.3 Å². The molecule has 9 heteroatoms. The molecule has 0 aliphatic carbocycles. The first-order valence-corrected chi connectivity index (χ1v) is 15.2. The largest absolute Gasteiger partial charge is 0.321 e. The van der Waals surface area contributed by atoms with Gasteiger partial charge in [0.1, 0.15) is 10.8 Å². The van der Waals surface area contributed by atoms with Crippen LogP contribution in [0.3, 0.4) is 0 Å². The number of hydrogen-bond donors (Lipinski definition) is 2. The summed E-state index contributed by atoms with van der Waals surface area (Å²) in [5.74, 6) is -0.194. The zero-order valence-electron chi connectivity index (χ0n) is 21.1. The lowest BCUT2D eigenvalue weighted by atomic mass is 10.1. The minimum atomic E-state index is -3.50. The average Bonchev–Trinajstić information content (AvgIpc) is 3.52. The van der Waals surface area contributed by atoms with Crippen molar-refractivity contribution in [1.82, 2.24) is 20.2 Å². The van der Waals surface area contributed by atoms with Crippen molar-refractivity contribution in [3.8, 4) is 11.3 Å². The minimum Gasteiger partial charge on any atom is -0.321 e. The number of nitrogens with zero attached hydrogens (tertiary/aromatic N) is 2. The van der Waals surface area contributed by atoms with Crippen LogP contribution in [0.15, 0.2) is 69.7 Å². The normalized spacial score (nSPS) is 16.7. The van der Waals surface area contributed by atoms with Crippen molar-refractivity contribution in [2.45, 2.75) is 56.0 Å². The third-order valence-electron chi connectivity index (χ3n) is 6.80. The number of sulfone groups is 1. The van der Waals surface area contributed by atoms with Crippen LogP contribution < -0.4 is 10.9 Å². The molecular formula is C28H32N4O3S2. The van der Waals surface area contributed by atoms with Crippen molar-refractivity contribution in [2.75, 3.05) is 13.1 Å². The highest BCUT2D eigenvalue weighted by atomic mass is 32.2. The molecule has 7 nitrogen and oxygen atoms in total. The number of pyridine rings is 1. The van der Waals surface area contributed by atoms with Crippen molar-refractivity contribution in [2.24, 2.45) is 0 Å². The highest BCUT2D eigenvalue weighted by Crippen LogP contribution is 2.26. The van der Waals surface area contributed by atoms with Gasteiger partial charge in [0.15, 0.2) is 9.84 Å². The predicted molar refractivity (Wildman–Crippen MR) is 150 cm³/mol. The van der Waals surface area contributed by atoms with Crippen LogP contribution in [-0.2, 0) is 22.1 Å². The molecule has 5 rings (SSSR count). The molecule has 0 spiro atoms. The van der Waals surface area contributed by atoms with E-state index in [0.717, 1.165) is 30.5 Å². The summed E-state index contributed by atoms with van der Waals surface area (Å²) in [5, 5.41) is 6.69. The van der Waals surface area contributed by atoms with E-state index in [1.165, 1.54) is 29.7 Å². The second kappa shape index (κ2) is 10.9. The molecule has 2 aromatic heterocycles. The summed E-state index contributed by atoms with van der Waals surface area (Å²) in [6.07, 6.45) is 2.41. The van der Waals surface area contributed by atoms with Crippen molar-refractivity contribution in [3.05, 3.63) is 80.9 Å². The number of nitrogens with one attached hydrogen (secondary N) is 2. The van der Waals surface area contributed by atoms with Gasteiger partial charge in [0.05, 0.1) is 16.2 Å². The lowest BCUT2D eigenvalue weighted by molar-refractivity contribution is 0.236. The van der Waals surface area contributed by atoms with Gasteiger partial charge in [-0.1, -0.05) is 44.2 Å². The first-order valence-electron chi connectivity index (χ1n) is 12.6. The minimum absolute atomic E-state index is 0.194. The Morgan fingerprint density at radius 3 is 2.76 bits per heavy atom. The molecule has 0 amide bonds. The fourth-order valence-corrected chi connectivity index (χ4v) is 7.30. The maximum absolute atomic E-state index is 13.0. The van der Waals surface area contributed by atoms with Gasteiger partial charge in [-0.3, -0.25) is 9.69 Å². The van der Waals surface area contributed by atoms with Gasteiger partial charge in [-0.2, -0.15) is 0 Å². The summed E-state index contributed by atoms with van der Waals surface area (Å²) >= 11 is 1.25. The van der Waals surface area contributed by atoms with Crippen molar-refractivity contribution in [1.29, 1.82) is 0 Å². The Labute approximate surface area is 221 Å². The van der Waals surface area contributed by atoms with E-state index >= 15 is 0 Å². The fraction of sp³-hybridized carbons (Fsp3) is 0.357. The van der Waals surface area contributed by atoms with E-state index in [9.17, 15) is 13.2 Å². The summed E-state index contributed by atoms with van der Waals surface area (Å²) < 4.78 is 25.4. The van der Waals surface area contributed by atoms with E-state index in [0.29, 0.717) is 28.3 Å². The Hall–Kier alpha value is -2.85. The molecule has 2 aromatic carbocycles. The van der Waals surface area contributed by atoms with Gasteiger partial charge in [-0.15, -0.1) is 11.3 Å². The predicted octanol–water partition coefficient (Wildman–Crippen LogP) is 4.59. The van der Waals surface area contributed by atoms with Crippen LogP contribution in [0.4, 0.5) is 0 Å². The van der Waals surface area contributed by atoms with E-state index in [1.54, 1.807) is 35.7 Å². The lowest BCUT2D eigenvalue weighted by Gasteiger charge is -2.25. The molecule has 2 N–H and O–H groups in total. The number of thiazole rings is 1. The zero-order chi connectivity index (χ0) is 26.0. The molecule has 37 heavy (non-hydrogen) atoms. The van der Waals surface area contributed by atoms with E-state index in [1.807, 2.05) is 12.1 Å². The SMILES string of the molecule is CC(C)NC[C@H]1CCCN1Cc1ccc2cc(-c3csc(CS(=O)(=O)c4ccccc4)n3)c(=O)[nH]c2c1. The lowest BCUT2D eigenvalue weighted by Crippen LogP contribution is -2.39. The zero-order valence-corrected chi connectivity index (χ0v) is 22.7. The van der Waals surface area contributed by atoms with Crippen LogP contribution in [0.25, 0.3) is 22.2 Å². The van der Waals surface area contributed by atoms with E-state index in [-0.39, 0.29) is 16.2 Å². The molecule has 194 valence electrons. The number of H-pyrrole nitrogens is 1. The van der Waals surface area contributed by atoms with Crippen molar-refractivity contribution >= 4 is 32.1 Å². The molecule has 0 bridgehead atoms. The van der Waals surface area contributed by atoms with Crippen molar-refractivity contribution in [3.63, 3.8) is 0 Å². The summed E-state index contributed by atoms with van der Waals surface area (Å²) in [5.41, 5.74) is 2.68. The molecule has 1 saturated heterocycles. The third-order valence-corrected chi connectivity index (χ3v) is 9.48. The quantitative estimate of drug-likeness (QED) is 0.325. The number of aromatic nitrogens is 2. The van der Waals surface area contributed by atoms with Crippen molar-refractivity contribution < 1.29 is 8.42 Å². The molecule has 1 atom stereocenters. The van der Waals surface area contributed by atoms with Gasteiger partial charge in [0.2, 0.25) is 0 Å². The van der Waals surface area contributed by atoms with E-state index in [2.05, 4.69) is 46.2 Å². The number of rotatable bonds is 9. The Morgan fingerprint density at radius 1 is 1.16 bits per heavy atom. The first-order chi connectivity index (χ1) is 17.8. The van der Waals surface area contributed by atoms with Gasteiger partial charge >= 0.3 is 0 Å². The maximum atomic E-state index is 13.0. The number of likely N-dealkylation sites (tertiary alicyclic amines) is 1. The average molecular weight is 537 g/mol. The van der Waals surface area contributed by atoms with Crippen LogP contribution in [-0.4, -0.2) is 48.5 Å². The molecule has 1 fully saturated rings. The van der Waals surface area contributed by atoms with Gasteiger partial charge in [0, 0.05) is 36.1 Å². The molecule has 0 radical (unpaired) electrons. The van der Waals surface area contributed by atoms with Gasteiger partial charge in [-0.25, -0.2) is 13.4 Å². The standard InChI is InChI=1S/C28H32N4O3S2/c1-19(2)29-15-22-7-6-12-32(22)16-20-10-11-21-14-24(28(33)31-25(21)13-20)26-17-36-27(30-26)18-37(34,35)23-8-4-3-5-9-23/h3-5,8-11,13-14,17,19,22,29H,6-7,12,15-16,18H2,1-2H3,(H,31,33)/t22-/m1/s1. The Kier molecular flexibility index (Phi) is 7.57. The Bertz CT molecular complexity index is 1540. The van der Waals surface area contributed by atoms with Crippen LogP contribution in [0.2, 0.25) is 0 Å². The Morgan fingerprint density at radius 2 is 1.97 bits per heavy atom. The summed E-state index contributed by atoms with van der Waals surface area (Å²) in [6, 6.07) is 17.4. The fourth-order valence-electron chi connectivity index (χ4n) is 4.85. The highest BCUT2D eigenvalue weighted by Gasteiger charge is 2.24. The molecular weight excluding hydrogens is 504 g/mol. The van der Waals surface area contributed by atoms with Crippen LogP contribution in [0.1, 0.15) is 37.3 Å². The van der Waals surface area contributed by atoms with E-state index < -0.39 is 9.84 Å². The van der Waals surface area contributed by atoms with Crippen LogP contribution in [0.5, 0.6) is 0 Å². The van der Waals surface area contributed by atoms with Gasteiger partial charge < -0.3 is 10.3 Å². The van der Waals surface area contributed by atoms with E-state index in [4.69, 9.17) is 0 Å². The highest BCUT2D eigenvalue weighted by molar-refractivity contribution is 7.90. The topological polar surface area (TPSA) is 95.2 Å². The molecule has 0 saturated carbocycles. The second-order valence-corrected chi connectivity index (χ2v) is 12.9. The maximum Gasteiger partial charge on any atom is 0.257 e. The smallest absolute Gasteiger partial charge is 0.257 e. The number of aromatic amines is 1. The van der Waals surface area contributed by atoms with Gasteiger partial charge in [-0.05, 0) is 54.6 Å². The molecule has 4 aromatic rings. The Balaban J connectivity index is 1.33. The molecule has 1 aliphatic heterocycles. The first kappa shape index (κ1) is 25.8. The van der Waals surface area contributed by atoms with Crippen LogP contribution in [0, 0.1) is 0 Å². The third kappa shape index (κ3) is 6.01. The summed E-state index contributed by atoms with van der Waals surface area (Å²) in [7, 11) is -3.50. The van der Waals surface area contributed by atoms with Gasteiger partial charge in [0.25, 0.3) is 5.56 Å². The number of fused-ring (bicyclic) bond motifs is 1. The second-order valence-electron chi connectivity index (χ2n) is 9.96. The monoisotopic (exact) mass is 536 g/mol. The summed E-state index contributed by atoms with van der Waals surface area (Å²) in [6.45, 7) is 7.28. The molecule has 0 unspecified atom stereocenters. The summed E-state index contributed by atoms with van der Waals surface area (Å²) in [4.78, 5) is 23.3. The molecule has 1 aliphatic rings.